The first-order chi connectivity index (χ1) is 10.1. The topological polar surface area (TPSA) is 24.5 Å². The van der Waals surface area contributed by atoms with Gasteiger partial charge in [0.05, 0.1) is 7.11 Å². The predicted octanol–water partition coefficient (Wildman–Crippen LogP) is 3.36. The lowest BCUT2D eigenvalue weighted by molar-refractivity contribution is 0.409. The Morgan fingerprint density at radius 2 is 1.95 bits per heavy atom. The summed E-state index contributed by atoms with van der Waals surface area (Å²) < 4.78 is 5.49. The molecule has 0 radical (unpaired) electrons. The molecule has 2 aromatic rings. The minimum Gasteiger partial charge on any atom is -0.496 e. The van der Waals surface area contributed by atoms with Gasteiger partial charge in [0.2, 0.25) is 0 Å². The van der Waals surface area contributed by atoms with Gasteiger partial charge in [0, 0.05) is 31.4 Å². The summed E-state index contributed by atoms with van der Waals surface area (Å²) in [5, 5.41) is 3.19. The van der Waals surface area contributed by atoms with Crippen molar-refractivity contribution in [1.29, 1.82) is 0 Å². The van der Waals surface area contributed by atoms with Crippen molar-refractivity contribution in [3.63, 3.8) is 0 Å². The number of hydrogen-bond donors (Lipinski definition) is 1. The molecule has 0 unspecified atom stereocenters. The Hall–Kier alpha value is -2.00. The van der Waals surface area contributed by atoms with Gasteiger partial charge in [0.25, 0.3) is 0 Å². The van der Waals surface area contributed by atoms with Gasteiger partial charge in [-0.25, -0.2) is 0 Å². The number of rotatable bonds is 6. The highest BCUT2D eigenvalue weighted by molar-refractivity contribution is 5.49. The molecule has 0 fully saturated rings. The Bertz CT molecular complexity index is 596. The summed E-state index contributed by atoms with van der Waals surface area (Å²) in [6.45, 7) is 3.81. The van der Waals surface area contributed by atoms with Crippen LogP contribution in [0.3, 0.4) is 0 Å². The minimum atomic E-state index is 0.824. The summed E-state index contributed by atoms with van der Waals surface area (Å²) in [6.07, 6.45) is 0. The normalized spacial score (nSPS) is 10.5. The monoisotopic (exact) mass is 284 g/mol. The van der Waals surface area contributed by atoms with Crippen LogP contribution in [0.5, 0.6) is 5.75 Å². The number of nitrogens with one attached hydrogen (secondary N) is 1. The van der Waals surface area contributed by atoms with E-state index in [1.807, 2.05) is 13.1 Å². The number of methoxy groups -OCH3 is 1. The molecular formula is C18H24N2O. The zero-order valence-electron chi connectivity index (χ0n) is 13.3. The number of nitrogens with zero attached hydrogens (tertiary/aromatic N) is 1. The van der Waals surface area contributed by atoms with Gasteiger partial charge in [0.1, 0.15) is 5.75 Å². The van der Waals surface area contributed by atoms with Crippen molar-refractivity contribution >= 4 is 5.69 Å². The molecule has 0 bridgehead atoms. The minimum absolute atomic E-state index is 0.824. The van der Waals surface area contributed by atoms with E-state index >= 15 is 0 Å². The fourth-order valence-electron chi connectivity index (χ4n) is 2.48. The second-order valence-corrected chi connectivity index (χ2v) is 5.37. The molecule has 2 rings (SSSR count). The lowest BCUT2D eigenvalue weighted by Gasteiger charge is -2.21. The molecule has 3 nitrogen and oxygen atoms in total. The SMILES string of the molecule is CNCc1ccc(OC)c(CN(C)c2cccc(C)c2)c1. The Labute approximate surface area is 127 Å². The molecule has 0 saturated heterocycles. The molecular weight excluding hydrogens is 260 g/mol. The van der Waals surface area contributed by atoms with E-state index in [1.165, 1.54) is 22.4 Å². The maximum Gasteiger partial charge on any atom is 0.123 e. The smallest absolute Gasteiger partial charge is 0.123 e. The van der Waals surface area contributed by atoms with Crippen molar-refractivity contribution in [2.75, 3.05) is 26.1 Å². The molecule has 0 aliphatic carbocycles. The molecule has 0 heterocycles. The zero-order chi connectivity index (χ0) is 15.2. The van der Waals surface area contributed by atoms with Gasteiger partial charge in [-0.15, -0.1) is 0 Å². The molecule has 0 amide bonds. The summed E-state index contributed by atoms with van der Waals surface area (Å²) in [5.74, 6) is 0.939. The second kappa shape index (κ2) is 7.14. The summed E-state index contributed by atoms with van der Waals surface area (Å²) in [5.41, 5.74) is 4.96. The van der Waals surface area contributed by atoms with E-state index < -0.39 is 0 Å². The summed E-state index contributed by atoms with van der Waals surface area (Å²) >= 11 is 0. The molecule has 21 heavy (non-hydrogen) atoms. The van der Waals surface area contributed by atoms with Crippen LogP contribution in [-0.4, -0.2) is 21.2 Å². The van der Waals surface area contributed by atoms with Crippen molar-refractivity contribution in [3.8, 4) is 5.75 Å². The van der Waals surface area contributed by atoms with Crippen LogP contribution in [-0.2, 0) is 13.1 Å². The first-order valence-electron chi connectivity index (χ1n) is 7.22. The predicted molar refractivity (Wildman–Crippen MR) is 89.0 cm³/mol. The third kappa shape index (κ3) is 3.99. The van der Waals surface area contributed by atoms with E-state index in [1.54, 1.807) is 7.11 Å². The van der Waals surface area contributed by atoms with Crippen molar-refractivity contribution < 1.29 is 4.74 Å². The maximum atomic E-state index is 5.49. The number of anilines is 1. The third-order valence-electron chi connectivity index (χ3n) is 3.58. The Balaban J connectivity index is 2.22. The molecule has 2 aromatic carbocycles. The quantitative estimate of drug-likeness (QED) is 0.880. The third-order valence-corrected chi connectivity index (χ3v) is 3.58. The highest BCUT2D eigenvalue weighted by atomic mass is 16.5. The molecule has 1 N–H and O–H groups in total. The Morgan fingerprint density at radius 3 is 2.62 bits per heavy atom. The first-order valence-corrected chi connectivity index (χ1v) is 7.22. The van der Waals surface area contributed by atoms with Gasteiger partial charge >= 0.3 is 0 Å². The van der Waals surface area contributed by atoms with Crippen molar-refractivity contribution in [2.24, 2.45) is 0 Å². The summed E-state index contributed by atoms with van der Waals surface area (Å²) in [4.78, 5) is 2.24. The van der Waals surface area contributed by atoms with E-state index in [0.29, 0.717) is 0 Å². The van der Waals surface area contributed by atoms with E-state index in [4.69, 9.17) is 4.74 Å². The fraction of sp³-hybridized carbons (Fsp3) is 0.333. The molecule has 112 valence electrons. The van der Waals surface area contributed by atoms with E-state index in [9.17, 15) is 0 Å². The van der Waals surface area contributed by atoms with Crippen LogP contribution in [0, 0.1) is 6.92 Å². The van der Waals surface area contributed by atoms with E-state index in [2.05, 4.69) is 60.6 Å². The molecule has 0 aliphatic rings. The standard InChI is InChI=1S/C18H24N2O/c1-14-6-5-7-17(10-14)20(3)13-16-11-15(12-19-2)8-9-18(16)21-4/h5-11,19H,12-13H2,1-4H3. The lowest BCUT2D eigenvalue weighted by atomic mass is 10.1. The van der Waals surface area contributed by atoms with Gasteiger partial charge in [-0.3, -0.25) is 0 Å². The zero-order valence-corrected chi connectivity index (χ0v) is 13.3. The molecule has 0 saturated carbocycles. The van der Waals surface area contributed by atoms with Crippen molar-refractivity contribution in [3.05, 3.63) is 59.2 Å². The van der Waals surface area contributed by atoms with Crippen molar-refractivity contribution in [1.82, 2.24) is 5.32 Å². The highest BCUT2D eigenvalue weighted by Gasteiger charge is 2.08. The number of hydrogen-bond acceptors (Lipinski definition) is 3. The highest BCUT2D eigenvalue weighted by Crippen LogP contribution is 2.24. The fourth-order valence-corrected chi connectivity index (χ4v) is 2.48. The van der Waals surface area contributed by atoms with E-state index in [0.717, 1.165) is 18.8 Å². The van der Waals surface area contributed by atoms with Crippen LogP contribution >= 0.6 is 0 Å². The average Bonchev–Trinajstić information content (AvgIpc) is 2.48. The molecule has 0 aromatic heterocycles. The van der Waals surface area contributed by atoms with Crippen LogP contribution in [0.1, 0.15) is 16.7 Å². The van der Waals surface area contributed by atoms with Gasteiger partial charge in [-0.05, 0) is 49.4 Å². The summed E-state index contributed by atoms with van der Waals surface area (Å²) in [6, 6.07) is 14.9. The van der Waals surface area contributed by atoms with Gasteiger partial charge in [-0.1, -0.05) is 18.2 Å². The molecule has 3 heteroatoms. The van der Waals surface area contributed by atoms with Crippen LogP contribution in [0.25, 0.3) is 0 Å². The summed E-state index contributed by atoms with van der Waals surface area (Å²) in [7, 11) is 5.80. The van der Waals surface area contributed by atoms with Crippen LogP contribution in [0.2, 0.25) is 0 Å². The largest absolute Gasteiger partial charge is 0.496 e. The van der Waals surface area contributed by atoms with Gasteiger partial charge in [-0.2, -0.15) is 0 Å². The maximum absolute atomic E-state index is 5.49. The van der Waals surface area contributed by atoms with Crippen LogP contribution < -0.4 is 15.0 Å². The average molecular weight is 284 g/mol. The van der Waals surface area contributed by atoms with Crippen LogP contribution in [0.4, 0.5) is 5.69 Å². The molecule has 0 aliphatic heterocycles. The van der Waals surface area contributed by atoms with Crippen LogP contribution in [0.15, 0.2) is 42.5 Å². The number of aryl methyl sites for hydroxylation is 1. The number of ether oxygens (including phenoxy) is 1. The van der Waals surface area contributed by atoms with Gasteiger partial charge in [0.15, 0.2) is 0 Å². The van der Waals surface area contributed by atoms with Crippen molar-refractivity contribution in [2.45, 2.75) is 20.0 Å². The Kier molecular flexibility index (Phi) is 5.23. The lowest BCUT2D eigenvalue weighted by Crippen LogP contribution is -2.17. The molecule has 0 atom stereocenters. The second-order valence-electron chi connectivity index (χ2n) is 5.37. The first kappa shape index (κ1) is 15.4. The number of benzene rings is 2. The van der Waals surface area contributed by atoms with Gasteiger partial charge < -0.3 is 15.0 Å². The Morgan fingerprint density at radius 1 is 1.14 bits per heavy atom. The van der Waals surface area contributed by atoms with E-state index in [-0.39, 0.29) is 0 Å². The molecule has 0 spiro atoms.